The fourth-order valence-electron chi connectivity index (χ4n) is 1.74. The number of benzene rings is 1. The first-order valence-corrected chi connectivity index (χ1v) is 5.79. The molecule has 1 aromatic heterocycles. The van der Waals surface area contributed by atoms with Crippen LogP contribution in [0.15, 0.2) is 46.9 Å². The van der Waals surface area contributed by atoms with Crippen molar-refractivity contribution in [1.29, 1.82) is 0 Å². The Kier molecular flexibility index (Phi) is 3.53. The molecule has 2 N–H and O–H groups in total. The van der Waals surface area contributed by atoms with Crippen LogP contribution in [-0.2, 0) is 4.79 Å². The summed E-state index contributed by atoms with van der Waals surface area (Å²) in [6.07, 6.45) is 0. The molecule has 2 aromatic rings. The maximum absolute atomic E-state index is 11.8. The summed E-state index contributed by atoms with van der Waals surface area (Å²) < 4.78 is 5.23. The van der Waals surface area contributed by atoms with Gasteiger partial charge < -0.3 is 10.2 Å². The number of halogens is 1. The third-order valence-electron chi connectivity index (χ3n) is 2.52. The monoisotopic (exact) mass is 261 g/mol. The fraction of sp³-hybridized carbons (Fsp3) is 0.0714. The topological polar surface area (TPSA) is 56.2 Å². The van der Waals surface area contributed by atoms with Gasteiger partial charge in [0.1, 0.15) is 0 Å². The molecule has 0 unspecified atom stereocenters. The summed E-state index contributed by atoms with van der Waals surface area (Å²) in [6.45, 7) is 1.47. The summed E-state index contributed by atoms with van der Waals surface area (Å²) in [5.74, 6) is 0.278. The van der Waals surface area contributed by atoms with E-state index in [1.165, 1.54) is 6.92 Å². The van der Waals surface area contributed by atoms with Crippen LogP contribution in [0.5, 0.6) is 0 Å². The minimum absolute atomic E-state index is 0.119. The molecule has 2 rings (SSSR count). The van der Waals surface area contributed by atoms with Crippen LogP contribution in [0.4, 0.5) is 0 Å². The van der Waals surface area contributed by atoms with Crippen molar-refractivity contribution < 1.29 is 9.21 Å². The molecule has 4 heteroatoms. The first-order valence-electron chi connectivity index (χ1n) is 5.41. The van der Waals surface area contributed by atoms with E-state index in [0.29, 0.717) is 17.0 Å². The van der Waals surface area contributed by atoms with Gasteiger partial charge in [-0.15, -0.1) is 0 Å². The smallest absolute Gasteiger partial charge is 0.194 e. The summed E-state index contributed by atoms with van der Waals surface area (Å²) in [5, 5.41) is 0.240. The van der Waals surface area contributed by atoms with Crippen LogP contribution in [-0.4, -0.2) is 5.78 Å². The van der Waals surface area contributed by atoms with Gasteiger partial charge in [-0.2, -0.15) is 0 Å². The first-order chi connectivity index (χ1) is 8.59. The number of hydrogen-bond donors (Lipinski definition) is 1. The number of nitrogens with two attached hydrogens (primary N) is 1. The van der Waals surface area contributed by atoms with Gasteiger partial charge in [-0.05, 0) is 36.2 Å². The van der Waals surface area contributed by atoms with Gasteiger partial charge in [0.25, 0.3) is 0 Å². The molecule has 0 aliphatic rings. The predicted molar refractivity (Wildman–Crippen MR) is 71.8 cm³/mol. The Hall–Kier alpha value is -2.00. The van der Waals surface area contributed by atoms with Crippen molar-refractivity contribution in [2.75, 3.05) is 0 Å². The zero-order valence-corrected chi connectivity index (χ0v) is 10.6. The summed E-state index contributed by atoms with van der Waals surface area (Å²) in [6, 6.07) is 12.5. The normalized spacial score (nSPS) is 12.1. The molecular weight excluding hydrogens is 250 g/mol. The molecule has 0 bridgehead atoms. The number of Topliss-reactive ketones (excluding diaryl/α,β-unsaturated/α-hetero) is 1. The quantitative estimate of drug-likeness (QED) is 0.862. The van der Waals surface area contributed by atoms with Crippen molar-refractivity contribution >= 4 is 28.7 Å². The zero-order valence-electron chi connectivity index (χ0n) is 9.81. The molecule has 0 saturated carbocycles. The number of furan rings is 1. The van der Waals surface area contributed by atoms with E-state index in [1.807, 2.05) is 30.3 Å². The molecular formula is C14H12ClNO2. The SMILES string of the molecule is CC(=O)/C(=C(\N)c1ccc(Cl)o1)c1ccccc1. The maximum atomic E-state index is 11.8. The van der Waals surface area contributed by atoms with E-state index in [9.17, 15) is 4.79 Å². The highest BCUT2D eigenvalue weighted by Crippen LogP contribution is 2.26. The molecule has 0 aliphatic carbocycles. The Labute approximate surface area is 110 Å². The van der Waals surface area contributed by atoms with Crippen LogP contribution in [0.25, 0.3) is 11.3 Å². The molecule has 1 heterocycles. The highest BCUT2D eigenvalue weighted by atomic mass is 35.5. The van der Waals surface area contributed by atoms with Crippen molar-refractivity contribution in [2.45, 2.75) is 6.92 Å². The molecule has 0 radical (unpaired) electrons. The van der Waals surface area contributed by atoms with E-state index in [1.54, 1.807) is 12.1 Å². The van der Waals surface area contributed by atoms with Crippen LogP contribution in [0.1, 0.15) is 18.2 Å². The van der Waals surface area contributed by atoms with E-state index in [-0.39, 0.29) is 11.0 Å². The summed E-state index contributed by atoms with van der Waals surface area (Å²) in [7, 11) is 0. The van der Waals surface area contributed by atoms with Crippen molar-refractivity contribution in [3.05, 3.63) is 59.0 Å². The van der Waals surface area contributed by atoms with E-state index in [4.69, 9.17) is 21.8 Å². The number of rotatable bonds is 3. The Morgan fingerprint density at radius 2 is 1.83 bits per heavy atom. The molecule has 0 aliphatic heterocycles. The lowest BCUT2D eigenvalue weighted by molar-refractivity contribution is -0.111. The van der Waals surface area contributed by atoms with Crippen LogP contribution in [0, 0.1) is 0 Å². The van der Waals surface area contributed by atoms with Gasteiger partial charge in [0.2, 0.25) is 0 Å². The van der Waals surface area contributed by atoms with Gasteiger partial charge in [0.05, 0.1) is 11.3 Å². The summed E-state index contributed by atoms with van der Waals surface area (Å²) >= 11 is 5.71. The molecule has 1 aromatic carbocycles. The van der Waals surface area contributed by atoms with Gasteiger partial charge in [0.15, 0.2) is 16.8 Å². The first kappa shape index (κ1) is 12.5. The largest absolute Gasteiger partial charge is 0.443 e. The van der Waals surface area contributed by atoms with Crippen molar-refractivity contribution in [3.63, 3.8) is 0 Å². The van der Waals surface area contributed by atoms with Crippen LogP contribution in [0.3, 0.4) is 0 Å². The average Bonchev–Trinajstić information content (AvgIpc) is 2.77. The van der Waals surface area contributed by atoms with Gasteiger partial charge in [-0.3, -0.25) is 4.79 Å². The lowest BCUT2D eigenvalue weighted by atomic mass is 9.99. The third kappa shape index (κ3) is 2.46. The molecule has 0 spiro atoms. The maximum Gasteiger partial charge on any atom is 0.194 e. The fourth-order valence-corrected chi connectivity index (χ4v) is 1.88. The van der Waals surface area contributed by atoms with Gasteiger partial charge in [-0.25, -0.2) is 0 Å². The number of carbonyl (C=O) groups is 1. The van der Waals surface area contributed by atoms with Gasteiger partial charge >= 0.3 is 0 Å². The number of carbonyl (C=O) groups excluding carboxylic acids is 1. The number of hydrogen-bond acceptors (Lipinski definition) is 3. The highest BCUT2D eigenvalue weighted by Gasteiger charge is 2.15. The zero-order chi connectivity index (χ0) is 13.1. The summed E-state index contributed by atoms with van der Waals surface area (Å²) in [4.78, 5) is 11.8. The molecule has 0 fully saturated rings. The van der Waals surface area contributed by atoms with Gasteiger partial charge in [-0.1, -0.05) is 30.3 Å². The second-order valence-electron chi connectivity index (χ2n) is 3.81. The number of allylic oxidation sites excluding steroid dienone is 1. The van der Waals surface area contributed by atoms with Crippen molar-refractivity contribution in [3.8, 4) is 0 Å². The van der Waals surface area contributed by atoms with E-state index >= 15 is 0 Å². The molecule has 0 amide bonds. The summed E-state index contributed by atoms with van der Waals surface area (Å²) in [5.41, 5.74) is 7.48. The third-order valence-corrected chi connectivity index (χ3v) is 2.73. The van der Waals surface area contributed by atoms with E-state index in [2.05, 4.69) is 0 Å². The van der Waals surface area contributed by atoms with Crippen LogP contribution < -0.4 is 5.73 Å². The van der Waals surface area contributed by atoms with Crippen molar-refractivity contribution in [2.24, 2.45) is 5.73 Å². The second kappa shape index (κ2) is 5.10. The van der Waals surface area contributed by atoms with Gasteiger partial charge in [0, 0.05) is 0 Å². The molecule has 3 nitrogen and oxygen atoms in total. The molecule has 0 atom stereocenters. The average molecular weight is 262 g/mol. The Balaban J connectivity index is 2.57. The molecule has 18 heavy (non-hydrogen) atoms. The minimum Gasteiger partial charge on any atom is -0.443 e. The second-order valence-corrected chi connectivity index (χ2v) is 4.19. The minimum atomic E-state index is -0.119. The van der Waals surface area contributed by atoms with E-state index < -0.39 is 0 Å². The predicted octanol–water partition coefficient (Wildman–Crippen LogP) is 3.35. The van der Waals surface area contributed by atoms with Crippen LogP contribution in [0.2, 0.25) is 5.22 Å². The standard InChI is InChI=1S/C14H12ClNO2/c1-9(17)13(10-5-3-2-4-6-10)14(16)11-7-8-12(15)18-11/h2-8H,16H2,1H3/b14-13+. The molecule has 0 saturated heterocycles. The lowest BCUT2D eigenvalue weighted by Crippen LogP contribution is -2.06. The number of ketones is 1. The Bertz CT molecular complexity index is 599. The Morgan fingerprint density at radius 1 is 1.17 bits per heavy atom. The van der Waals surface area contributed by atoms with Crippen molar-refractivity contribution in [1.82, 2.24) is 0 Å². The Morgan fingerprint density at radius 3 is 2.33 bits per heavy atom. The lowest BCUT2D eigenvalue weighted by Gasteiger charge is -2.07. The highest BCUT2D eigenvalue weighted by molar-refractivity contribution is 6.29. The molecule has 92 valence electrons. The van der Waals surface area contributed by atoms with E-state index in [0.717, 1.165) is 5.56 Å². The van der Waals surface area contributed by atoms with Crippen LogP contribution >= 0.6 is 11.6 Å².